The van der Waals surface area contributed by atoms with E-state index in [2.05, 4.69) is 0 Å². The van der Waals surface area contributed by atoms with Gasteiger partial charge in [-0.05, 0) is 51.3 Å². The van der Waals surface area contributed by atoms with Crippen molar-refractivity contribution in [3.05, 3.63) is 33.9 Å². The molecule has 142 valence electrons. The predicted molar refractivity (Wildman–Crippen MR) is 93.9 cm³/mol. The molecule has 0 amide bonds. The van der Waals surface area contributed by atoms with E-state index in [0.29, 0.717) is 17.9 Å². The fourth-order valence-corrected chi connectivity index (χ4v) is 3.92. The summed E-state index contributed by atoms with van der Waals surface area (Å²) >= 11 is 0. The molecule has 26 heavy (non-hydrogen) atoms. The van der Waals surface area contributed by atoms with Crippen molar-refractivity contribution in [1.82, 2.24) is 0 Å². The van der Waals surface area contributed by atoms with Crippen molar-refractivity contribution in [1.29, 1.82) is 0 Å². The molecule has 0 aromatic heterocycles. The highest BCUT2D eigenvalue weighted by Gasteiger charge is 2.44. The van der Waals surface area contributed by atoms with Gasteiger partial charge in [0.25, 0.3) is 0 Å². The van der Waals surface area contributed by atoms with E-state index in [9.17, 15) is 14.9 Å². The number of nitrogens with zero attached hydrogens (tertiary/aromatic N) is 1. The lowest BCUT2D eigenvalue weighted by molar-refractivity contribution is -0.539. The van der Waals surface area contributed by atoms with Gasteiger partial charge in [-0.15, -0.1) is 0 Å². The number of ether oxygens (including phenoxy) is 3. The zero-order valence-electron chi connectivity index (χ0n) is 15.4. The van der Waals surface area contributed by atoms with Gasteiger partial charge in [-0.2, -0.15) is 0 Å². The summed E-state index contributed by atoms with van der Waals surface area (Å²) in [5, 5.41) is 11.8. The second-order valence-electron chi connectivity index (χ2n) is 7.98. The molecule has 0 radical (unpaired) electrons. The minimum absolute atomic E-state index is 0.0734. The Morgan fingerprint density at radius 3 is 2.69 bits per heavy atom. The summed E-state index contributed by atoms with van der Waals surface area (Å²) in [5.74, 6) is 0.330. The quantitative estimate of drug-likeness (QED) is 0.461. The van der Waals surface area contributed by atoms with Gasteiger partial charge in [0.1, 0.15) is 5.60 Å². The molecular formula is C19H25NO6. The Hall–Kier alpha value is -2.31. The smallest absolute Gasteiger partial charge is 0.306 e. The molecule has 2 aliphatic rings. The van der Waals surface area contributed by atoms with Crippen LogP contribution in [0.1, 0.15) is 57.9 Å². The lowest BCUT2D eigenvalue weighted by atomic mass is 9.73. The normalized spacial score (nSPS) is 25.0. The Morgan fingerprint density at radius 2 is 2.00 bits per heavy atom. The monoisotopic (exact) mass is 363 g/mol. The zero-order valence-corrected chi connectivity index (χ0v) is 15.4. The number of carbonyl (C=O) groups excluding carboxylic acids is 1. The van der Waals surface area contributed by atoms with Crippen molar-refractivity contribution in [3.8, 4) is 11.5 Å². The maximum absolute atomic E-state index is 12.2. The van der Waals surface area contributed by atoms with Crippen LogP contribution in [0.2, 0.25) is 0 Å². The van der Waals surface area contributed by atoms with Crippen LogP contribution < -0.4 is 9.47 Å². The number of fused-ring (bicyclic) bond motifs is 1. The fourth-order valence-electron chi connectivity index (χ4n) is 3.92. The standard InChI is InChI=1S/C19H25NO6/c1-19(2,3)26-17(21)10-13-5-4-6-14(18(13)20(22)23)12-7-8-15-16(9-12)25-11-24-15/h7-9,13-14,18H,4-6,10-11H2,1-3H3/t13-,14-,18+/m0/s1. The van der Waals surface area contributed by atoms with E-state index >= 15 is 0 Å². The number of benzene rings is 1. The first kappa shape index (κ1) is 18.5. The third kappa shape index (κ3) is 4.08. The lowest BCUT2D eigenvalue weighted by Crippen LogP contribution is -2.40. The van der Waals surface area contributed by atoms with Gasteiger partial charge in [-0.25, -0.2) is 0 Å². The minimum Gasteiger partial charge on any atom is -0.460 e. The molecule has 7 heteroatoms. The van der Waals surface area contributed by atoms with Crippen LogP contribution in [0.3, 0.4) is 0 Å². The number of hydrogen-bond acceptors (Lipinski definition) is 6. The number of hydrogen-bond donors (Lipinski definition) is 0. The van der Waals surface area contributed by atoms with Crippen LogP contribution in [-0.2, 0) is 9.53 Å². The Labute approximate surface area is 152 Å². The predicted octanol–water partition coefficient (Wildman–Crippen LogP) is 3.68. The van der Waals surface area contributed by atoms with E-state index in [4.69, 9.17) is 14.2 Å². The maximum atomic E-state index is 12.2. The molecule has 1 aliphatic heterocycles. The third-order valence-corrected chi connectivity index (χ3v) is 4.90. The highest BCUT2D eigenvalue weighted by Crippen LogP contribution is 2.43. The molecule has 3 atom stereocenters. The van der Waals surface area contributed by atoms with Gasteiger partial charge in [0.15, 0.2) is 11.5 Å². The highest BCUT2D eigenvalue weighted by atomic mass is 16.7. The summed E-state index contributed by atoms with van der Waals surface area (Å²) in [6, 6.07) is 4.69. The van der Waals surface area contributed by atoms with Crippen molar-refractivity contribution in [2.75, 3.05) is 6.79 Å². The Bertz CT molecular complexity index is 696. The van der Waals surface area contributed by atoms with E-state index in [1.165, 1.54) is 0 Å². The number of esters is 1. The second-order valence-corrected chi connectivity index (χ2v) is 7.98. The molecule has 1 heterocycles. The average Bonchev–Trinajstić information content (AvgIpc) is 2.99. The first-order valence-electron chi connectivity index (χ1n) is 8.99. The molecule has 0 N–H and O–H groups in total. The molecule has 3 rings (SSSR count). The number of rotatable bonds is 4. The van der Waals surface area contributed by atoms with E-state index in [1.807, 2.05) is 12.1 Å². The Kier molecular flexibility index (Phi) is 5.07. The average molecular weight is 363 g/mol. The molecule has 1 fully saturated rings. The van der Waals surface area contributed by atoms with Crippen molar-refractivity contribution in [2.45, 2.75) is 64.0 Å². The van der Waals surface area contributed by atoms with Crippen LogP contribution in [0, 0.1) is 16.0 Å². The SMILES string of the molecule is CC(C)(C)OC(=O)C[C@@H]1CCC[C@@H](c2ccc3c(c2)OCO3)[C@@H]1[N+](=O)[O-]. The minimum atomic E-state index is -0.809. The summed E-state index contributed by atoms with van der Waals surface area (Å²) in [6.45, 7) is 5.56. The highest BCUT2D eigenvalue weighted by molar-refractivity contribution is 5.70. The van der Waals surface area contributed by atoms with Crippen molar-refractivity contribution in [2.24, 2.45) is 5.92 Å². The van der Waals surface area contributed by atoms with Gasteiger partial charge >= 0.3 is 5.97 Å². The van der Waals surface area contributed by atoms with Crippen molar-refractivity contribution < 1.29 is 23.9 Å². The molecule has 0 saturated heterocycles. The van der Waals surface area contributed by atoms with E-state index < -0.39 is 11.6 Å². The third-order valence-electron chi connectivity index (χ3n) is 4.90. The van der Waals surface area contributed by atoms with Gasteiger partial charge in [-0.1, -0.05) is 12.5 Å². The summed E-state index contributed by atoms with van der Waals surface area (Å²) in [6.07, 6.45) is 2.29. The van der Waals surface area contributed by atoms with E-state index in [0.717, 1.165) is 18.4 Å². The maximum Gasteiger partial charge on any atom is 0.306 e. The molecule has 1 aliphatic carbocycles. The van der Waals surface area contributed by atoms with E-state index in [-0.39, 0.29) is 35.9 Å². The van der Waals surface area contributed by atoms with Crippen LogP contribution in [0.4, 0.5) is 0 Å². The summed E-state index contributed by atoms with van der Waals surface area (Å²) in [4.78, 5) is 23.8. The van der Waals surface area contributed by atoms with Crippen LogP contribution in [0.15, 0.2) is 18.2 Å². The van der Waals surface area contributed by atoms with Gasteiger partial charge in [0.2, 0.25) is 12.8 Å². The van der Waals surface area contributed by atoms with Crippen LogP contribution in [0.5, 0.6) is 11.5 Å². The Balaban J connectivity index is 1.80. The molecule has 7 nitrogen and oxygen atoms in total. The lowest BCUT2D eigenvalue weighted by Gasteiger charge is -2.32. The van der Waals surface area contributed by atoms with Gasteiger partial charge in [-0.3, -0.25) is 14.9 Å². The van der Waals surface area contributed by atoms with Gasteiger partial charge in [0, 0.05) is 10.8 Å². The molecule has 0 unspecified atom stereocenters. The molecular weight excluding hydrogens is 338 g/mol. The zero-order chi connectivity index (χ0) is 18.9. The Morgan fingerprint density at radius 1 is 1.27 bits per heavy atom. The largest absolute Gasteiger partial charge is 0.460 e. The number of nitro groups is 1. The molecule has 1 aromatic carbocycles. The van der Waals surface area contributed by atoms with Crippen LogP contribution in [0.25, 0.3) is 0 Å². The van der Waals surface area contributed by atoms with Crippen molar-refractivity contribution >= 4 is 5.97 Å². The van der Waals surface area contributed by atoms with E-state index in [1.54, 1.807) is 26.8 Å². The van der Waals surface area contributed by atoms with Gasteiger partial charge in [0.05, 0.1) is 12.3 Å². The summed E-state index contributed by atoms with van der Waals surface area (Å²) in [7, 11) is 0. The summed E-state index contributed by atoms with van der Waals surface area (Å²) < 4.78 is 16.1. The topological polar surface area (TPSA) is 87.9 Å². The summed E-state index contributed by atoms with van der Waals surface area (Å²) in [5.41, 5.74) is 0.275. The van der Waals surface area contributed by atoms with Gasteiger partial charge < -0.3 is 14.2 Å². The van der Waals surface area contributed by atoms with Crippen LogP contribution >= 0.6 is 0 Å². The molecule has 0 spiro atoms. The molecule has 1 saturated carbocycles. The second kappa shape index (κ2) is 7.13. The molecule has 0 bridgehead atoms. The first-order chi connectivity index (χ1) is 12.2. The fraction of sp³-hybridized carbons (Fsp3) is 0.632. The first-order valence-corrected chi connectivity index (χ1v) is 8.99. The number of carbonyl (C=O) groups is 1. The molecule has 1 aromatic rings. The van der Waals surface area contributed by atoms with Crippen LogP contribution in [-0.4, -0.2) is 29.3 Å². The van der Waals surface area contributed by atoms with Crippen molar-refractivity contribution in [3.63, 3.8) is 0 Å².